The molecule has 4 saturated heterocycles. The number of aromatic nitrogens is 2. The molecule has 7 rings (SSSR count). The summed E-state index contributed by atoms with van der Waals surface area (Å²) < 4.78 is 15.3. The number of fused-ring (bicyclic) bond motifs is 2. The van der Waals surface area contributed by atoms with Crippen LogP contribution in [0.25, 0.3) is 0 Å². The van der Waals surface area contributed by atoms with Crippen molar-refractivity contribution in [3.05, 3.63) is 47.2 Å². The maximum atomic E-state index is 15.3. The number of nitrogens with one attached hydrogen (secondary N) is 1. The van der Waals surface area contributed by atoms with Crippen LogP contribution in [0.4, 0.5) is 15.9 Å². The Balaban J connectivity index is 0.992. The van der Waals surface area contributed by atoms with Crippen LogP contribution < -0.4 is 20.9 Å². The van der Waals surface area contributed by atoms with Gasteiger partial charge in [-0.15, -0.1) is 0 Å². The molecule has 0 spiro atoms. The molecule has 0 radical (unpaired) electrons. The number of benzene rings is 1. The summed E-state index contributed by atoms with van der Waals surface area (Å²) in [5.41, 5.74) is 5.66. The summed E-state index contributed by atoms with van der Waals surface area (Å²) in [6.45, 7) is 4.61. The molecule has 4 fully saturated rings. The van der Waals surface area contributed by atoms with E-state index >= 15 is 4.39 Å². The molecule has 41 heavy (non-hydrogen) atoms. The number of rotatable bonds is 5. The van der Waals surface area contributed by atoms with Gasteiger partial charge < -0.3 is 15.5 Å². The van der Waals surface area contributed by atoms with Gasteiger partial charge in [0, 0.05) is 51.7 Å². The largest absolute Gasteiger partial charge is 0.368 e. The Morgan fingerprint density at radius 1 is 0.902 bits per heavy atom. The normalized spacial score (nSPS) is 26.4. The molecule has 3 unspecified atom stereocenters. The van der Waals surface area contributed by atoms with E-state index in [4.69, 9.17) is 5.73 Å². The molecule has 5 amide bonds. The Labute approximate surface area is 233 Å². The molecule has 2 aromatic rings. The molecular weight excluding hydrogens is 535 g/mol. The van der Waals surface area contributed by atoms with Crippen molar-refractivity contribution in [1.82, 2.24) is 25.1 Å². The minimum absolute atomic E-state index is 0.0219. The molecule has 6 heterocycles. The zero-order valence-electron chi connectivity index (χ0n) is 22.0. The molecule has 1 aromatic heterocycles. The van der Waals surface area contributed by atoms with Gasteiger partial charge in [0.1, 0.15) is 23.4 Å². The molecule has 13 nitrogen and oxygen atoms in total. The van der Waals surface area contributed by atoms with Crippen molar-refractivity contribution < 1.29 is 28.4 Å². The Kier molecular flexibility index (Phi) is 5.78. The summed E-state index contributed by atoms with van der Waals surface area (Å²) in [4.78, 5) is 76.9. The summed E-state index contributed by atoms with van der Waals surface area (Å²) >= 11 is 0. The number of amides is 5. The lowest BCUT2D eigenvalue weighted by molar-refractivity contribution is -0.136. The first-order chi connectivity index (χ1) is 19.7. The lowest BCUT2D eigenvalue weighted by Crippen LogP contribution is -2.59. The first-order valence-corrected chi connectivity index (χ1v) is 13.6. The number of halogens is 1. The Hall–Kier alpha value is -4.46. The molecule has 212 valence electrons. The highest BCUT2D eigenvalue weighted by Gasteiger charge is 2.48. The maximum Gasteiger partial charge on any atom is 0.268 e. The maximum absolute atomic E-state index is 15.3. The predicted molar refractivity (Wildman–Crippen MR) is 140 cm³/mol. The lowest BCUT2D eigenvalue weighted by Gasteiger charge is -2.45. The molecule has 14 heteroatoms. The fourth-order valence-electron chi connectivity index (χ4n) is 6.73. The molecule has 3 atom stereocenters. The zero-order valence-corrected chi connectivity index (χ0v) is 22.0. The second kappa shape index (κ2) is 9.29. The summed E-state index contributed by atoms with van der Waals surface area (Å²) in [5, 5.41) is 2.17. The van der Waals surface area contributed by atoms with Crippen molar-refractivity contribution in [3.63, 3.8) is 0 Å². The first-order valence-electron chi connectivity index (χ1n) is 13.6. The number of hydrogen-bond donors (Lipinski definition) is 2. The molecule has 0 aliphatic carbocycles. The van der Waals surface area contributed by atoms with Crippen LogP contribution in [-0.2, 0) is 9.59 Å². The Morgan fingerprint density at radius 3 is 2.20 bits per heavy atom. The number of anilines is 2. The van der Waals surface area contributed by atoms with E-state index in [0.29, 0.717) is 36.8 Å². The number of nitrogens with zero attached hydrogens (tertiary/aromatic N) is 6. The second-order valence-corrected chi connectivity index (χ2v) is 11.4. The highest BCUT2D eigenvalue weighted by molar-refractivity contribution is 6.23. The quantitative estimate of drug-likeness (QED) is 0.449. The summed E-state index contributed by atoms with van der Waals surface area (Å²) in [5.74, 6) is -2.33. The summed E-state index contributed by atoms with van der Waals surface area (Å²) in [6.07, 6.45) is 3.01. The van der Waals surface area contributed by atoms with Gasteiger partial charge in [-0.05, 0) is 30.4 Å². The number of piperidine rings is 1. The number of nitrogens with two attached hydrogens (primary N) is 1. The van der Waals surface area contributed by atoms with E-state index in [1.54, 1.807) is 6.20 Å². The van der Waals surface area contributed by atoms with E-state index in [1.807, 2.05) is 4.90 Å². The van der Waals surface area contributed by atoms with Crippen LogP contribution in [0.1, 0.15) is 44.0 Å². The smallest absolute Gasteiger partial charge is 0.268 e. The van der Waals surface area contributed by atoms with Crippen LogP contribution in [0.3, 0.4) is 0 Å². The first kappa shape index (κ1) is 25.5. The highest BCUT2D eigenvalue weighted by atomic mass is 19.1. The third-order valence-corrected chi connectivity index (χ3v) is 8.96. The fourth-order valence-corrected chi connectivity index (χ4v) is 6.73. The number of carbonyl (C=O) groups excluding carboxylic acids is 5. The van der Waals surface area contributed by atoms with Gasteiger partial charge in [-0.3, -0.25) is 39.1 Å². The molecule has 3 N–H and O–H groups in total. The Morgan fingerprint density at radius 2 is 1.59 bits per heavy atom. The SMILES string of the molecule is NC(=O)c1cnc(N2CC(N3CC4CN(c5cc6c(cc5F)C(=O)N(C5CCC(=O)NC5=O)C6=O)CC4C3)C2)cn1. The lowest BCUT2D eigenvalue weighted by atomic mass is 10.0. The summed E-state index contributed by atoms with van der Waals surface area (Å²) in [7, 11) is 0. The number of primary amides is 1. The Bertz CT molecular complexity index is 1500. The molecule has 1 aromatic carbocycles. The standard InChI is InChI=1S/C27H27FN8O5/c28-18-3-16-17(27(41)36(26(16)40)20-1-2-23(37)32-25(20)39)4-21(18)34-9-13-7-33(8-14(13)10-34)15-11-35(12-15)22-6-30-19(5-31-22)24(29)38/h3-6,13-15,20H,1-2,7-12H2,(H2,29,38)(H,32,37,39). The van der Waals surface area contributed by atoms with Crippen molar-refractivity contribution in [1.29, 1.82) is 0 Å². The molecular formula is C27H27FN8O5. The van der Waals surface area contributed by atoms with Crippen LogP contribution in [0.5, 0.6) is 0 Å². The van der Waals surface area contributed by atoms with Crippen LogP contribution in [0.2, 0.25) is 0 Å². The molecule has 5 aliphatic heterocycles. The van der Waals surface area contributed by atoms with Gasteiger partial charge in [0.25, 0.3) is 17.7 Å². The van der Waals surface area contributed by atoms with Gasteiger partial charge in [-0.25, -0.2) is 14.4 Å². The average molecular weight is 563 g/mol. The van der Waals surface area contributed by atoms with Crippen LogP contribution >= 0.6 is 0 Å². The number of hydrogen-bond acceptors (Lipinski definition) is 10. The average Bonchev–Trinajstić information content (AvgIpc) is 3.54. The third-order valence-electron chi connectivity index (χ3n) is 8.96. The van der Waals surface area contributed by atoms with Crippen molar-refractivity contribution in [2.24, 2.45) is 17.6 Å². The van der Waals surface area contributed by atoms with Crippen molar-refractivity contribution in [2.45, 2.75) is 24.9 Å². The van der Waals surface area contributed by atoms with Gasteiger partial charge >= 0.3 is 0 Å². The van der Waals surface area contributed by atoms with E-state index in [2.05, 4.69) is 25.1 Å². The minimum Gasteiger partial charge on any atom is -0.368 e. The topological polar surface area (TPSA) is 162 Å². The number of likely N-dealkylation sites (tertiary alicyclic amines) is 1. The van der Waals surface area contributed by atoms with Gasteiger partial charge in [0.05, 0.1) is 29.2 Å². The van der Waals surface area contributed by atoms with E-state index < -0.39 is 41.4 Å². The van der Waals surface area contributed by atoms with Crippen molar-refractivity contribution >= 4 is 41.0 Å². The van der Waals surface area contributed by atoms with Gasteiger partial charge in [-0.2, -0.15) is 0 Å². The zero-order chi connectivity index (χ0) is 28.6. The van der Waals surface area contributed by atoms with E-state index in [0.717, 1.165) is 37.1 Å². The fraction of sp³-hybridized carbons (Fsp3) is 0.444. The van der Waals surface area contributed by atoms with Gasteiger partial charge in [0.2, 0.25) is 11.8 Å². The highest BCUT2D eigenvalue weighted by Crippen LogP contribution is 2.39. The van der Waals surface area contributed by atoms with Gasteiger partial charge in [0.15, 0.2) is 0 Å². The van der Waals surface area contributed by atoms with Gasteiger partial charge in [-0.1, -0.05) is 0 Å². The van der Waals surface area contributed by atoms with Crippen LogP contribution in [-0.4, -0.2) is 101 Å². The van der Waals surface area contributed by atoms with Crippen LogP contribution in [0, 0.1) is 17.7 Å². The van der Waals surface area contributed by atoms with E-state index in [-0.39, 0.29) is 35.3 Å². The van der Waals surface area contributed by atoms with E-state index in [9.17, 15) is 24.0 Å². The second-order valence-electron chi connectivity index (χ2n) is 11.4. The third kappa shape index (κ3) is 4.12. The number of imide groups is 2. The summed E-state index contributed by atoms with van der Waals surface area (Å²) in [6, 6.07) is 1.81. The van der Waals surface area contributed by atoms with E-state index in [1.165, 1.54) is 12.3 Å². The molecule has 0 bridgehead atoms. The molecule has 0 saturated carbocycles. The van der Waals surface area contributed by atoms with Crippen molar-refractivity contribution in [3.8, 4) is 0 Å². The van der Waals surface area contributed by atoms with Crippen LogP contribution in [0.15, 0.2) is 24.5 Å². The monoisotopic (exact) mass is 562 g/mol. The van der Waals surface area contributed by atoms with Crippen molar-refractivity contribution in [2.75, 3.05) is 49.1 Å². The number of carbonyl (C=O) groups is 5. The minimum atomic E-state index is -1.09. The predicted octanol–water partition coefficient (Wildman–Crippen LogP) is -0.627. The molecule has 5 aliphatic rings.